The van der Waals surface area contributed by atoms with Gasteiger partial charge in [-0.3, -0.25) is 4.79 Å². The highest BCUT2D eigenvalue weighted by molar-refractivity contribution is 7.15. The van der Waals surface area contributed by atoms with Crippen molar-refractivity contribution < 1.29 is 14.3 Å². The molecule has 0 fully saturated rings. The summed E-state index contributed by atoms with van der Waals surface area (Å²) in [6.45, 7) is 9.18. The molecule has 1 amide bonds. The number of rotatable bonds is 11. The van der Waals surface area contributed by atoms with E-state index in [0.29, 0.717) is 27.1 Å². The molecule has 39 heavy (non-hydrogen) atoms. The molecule has 0 spiro atoms. The highest BCUT2D eigenvalue weighted by atomic mass is 32.1. The first kappa shape index (κ1) is 28.9. The number of nitrogens with one attached hydrogen (secondary N) is 1. The molecule has 1 aromatic heterocycles. The van der Waals surface area contributed by atoms with Crippen LogP contribution in [-0.4, -0.2) is 41.8 Å². The molecule has 0 radical (unpaired) electrons. The minimum absolute atomic E-state index is 0.0558. The van der Waals surface area contributed by atoms with Gasteiger partial charge in [0.05, 0.1) is 12.3 Å². The maximum atomic E-state index is 11.8. The molecule has 0 atom stereocenters. The molecular weight excluding hydrogens is 514 g/mol. The van der Waals surface area contributed by atoms with Crippen molar-refractivity contribution in [1.29, 1.82) is 5.26 Å². The first-order chi connectivity index (χ1) is 18.9. The van der Waals surface area contributed by atoms with E-state index in [4.69, 9.17) is 4.74 Å². The molecule has 1 heterocycles. The Morgan fingerprint density at radius 3 is 2.41 bits per heavy atom. The fraction of sp³-hybridized carbons (Fsp3) is 0.250. The highest BCUT2D eigenvalue weighted by Crippen LogP contribution is 2.32. The van der Waals surface area contributed by atoms with Gasteiger partial charge in [-0.05, 0) is 62.2 Å². The molecule has 0 aliphatic heterocycles. The Hall–Kier alpha value is -4.69. The van der Waals surface area contributed by atoms with Crippen molar-refractivity contribution in [3.05, 3.63) is 64.2 Å². The molecule has 11 heteroatoms. The molecule has 2 aromatic carbocycles. The Bertz CT molecular complexity index is 1430. The van der Waals surface area contributed by atoms with Crippen LogP contribution in [0.25, 0.3) is 18.2 Å². The fourth-order valence-corrected chi connectivity index (χ4v) is 4.07. The lowest BCUT2D eigenvalue weighted by Crippen LogP contribution is -2.21. The number of carbonyl (C=O) groups is 2. The molecule has 0 saturated carbocycles. The van der Waals surface area contributed by atoms with Gasteiger partial charge in [0, 0.05) is 25.7 Å². The number of nitrogens with zero attached hydrogens (tertiary/aromatic N) is 6. The zero-order chi connectivity index (χ0) is 28.2. The summed E-state index contributed by atoms with van der Waals surface area (Å²) in [5.41, 5.74) is 3.62. The van der Waals surface area contributed by atoms with E-state index >= 15 is 0 Å². The Morgan fingerprint density at radius 1 is 1.05 bits per heavy atom. The Kier molecular flexibility index (Phi) is 10.6. The number of benzene rings is 2. The third kappa shape index (κ3) is 8.41. The van der Waals surface area contributed by atoms with E-state index in [1.54, 1.807) is 19.1 Å². The van der Waals surface area contributed by atoms with Gasteiger partial charge in [-0.15, -0.1) is 20.4 Å². The molecule has 10 nitrogen and oxygen atoms in total. The summed E-state index contributed by atoms with van der Waals surface area (Å²) in [6.07, 6.45) is 5.16. The van der Waals surface area contributed by atoms with Crippen LogP contribution in [0.1, 0.15) is 43.8 Å². The summed E-state index contributed by atoms with van der Waals surface area (Å²) >= 11 is 1.27. The summed E-state index contributed by atoms with van der Waals surface area (Å²) in [5, 5.41) is 29.7. The van der Waals surface area contributed by atoms with E-state index in [-0.39, 0.29) is 18.1 Å². The predicted octanol–water partition coefficient (Wildman–Crippen LogP) is 6.40. The van der Waals surface area contributed by atoms with E-state index < -0.39 is 5.97 Å². The average Bonchev–Trinajstić information content (AvgIpc) is 3.39. The Balaban J connectivity index is 1.71. The number of ether oxygens (including phenoxy) is 1. The van der Waals surface area contributed by atoms with Crippen LogP contribution < -0.4 is 10.2 Å². The van der Waals surface area contributed by atoms with Crippen molar-refractivity contribution in [2.75, 3.05) is 29.9 Å². The summed E-state index contributed by atoms with van der Waals surface area (Å²) in [6, 6.07) is 14.8. The van der Waals surface area contributed by atoms with Gasteiger partial charge in [-0.2, -0.15) is 5.26 Å². The zero-order valence-electron chi connectivity index (χ0n) is 22.2. The van der Waals surface area contributed by atoms with E-state index in [0.717, 1.165) is 24.3 Å². The van der Waals surface area contributed by atoms with Crippen molar-refractivity contribution >= 4 is 63.6 Å². The maximum Gasteiger partial charge on any atom is 0.348 e. The first-order valence-corrected chi connectivity index (χ1v) is 13.2. The average molecular weight is 544 g/mol. The monoisotopic (exact) mass is 543 g/mol. The smallest absolute Gasteiger partial charge is 0.348 e. The van der Waals surface area contributed by atoms with Gasteiger partial charge in [0.15, 0.2) is 0 Å². The van der Waals surface area contributed by atoms with Crippen molar-refractivity contribution in [3.8, 4) is 6.07 Å². The summed E-state index contributed by atoms with van der Waals surface area (Å²) < 4.78 is 4.88. The van der Waals surface area contributed by atoms with E-state index in [1.165, 1.54) is 24.3 Å². The van der Waals surface area contributed by atoms with Gasteiger partial charge in [0.2, 0.25) is 5.91 Å². The van der Waals surface area contributed by atoms with Gasteiger partial charge in [0.1, 0.15) is 22.3 Å². The molecule has 0 aliphatic carbocycles. The number of hydrogen-bond acceptors (Lipinski definition) is 10. The predicted molar refractivity (Wildman–Crippen MR) is 154 cm³/mol. The largest absolute Gasteiger partial charge is 0.462 e. The number of carbonyl (C=O) groups excluding carboxylic acids is 2. The number of esters is 1. The minimum Gasteiger partial charge on any atom is -0.462 e. The first-order valence-electron chi connectivity index (χ1n) is 12.4. The standard InChI is InChI=1S/C28H29N7O3S/c1-5-35(6-2)23-13-14-24(25(17-23)30-19(4)36)31-33-28-34-32-26(39-28)15-12-20-8-10-21(11-9-20)16-22(18-29)27(37)38-7-3/h8-17H,5-7H2,1-4H3,(H,30,36)/b15-12+,22-16-,33-31?. The second-order valence-corrected chi connectivity index (χ2v) is 9.06. The minimum atomic E-state index is -0.642. The van der Waals surface area contributed by atoms with Crippen LogP contribution in [0.4, 0.5) is 22.2 Å². The van der Waals surface area contributed by atoms with Crippen molar-refractivity contribution in [1.82, 2.24) is 10.2 Å². The van der Waals surface area contributed by atoms with Crippen LogP contribution in [0.2, 0.25) is 0 Å². The lowest BCUT2D eigenvalue weighted by Gasteiger charge is -2.22. The Morgan fingerprint density at radius 2 is 1.77 bits per heavy atom. The third-order valence-electron chi connectivity index (χ3n) is 5.37. The van der Waals surface area contributed by atoms with E-state index in [1.807, 2.05) is 48.6 Å². The number of nitriles is 1. The van der Waals surface area contributed by atoms with Crippen LogP contribution in [0.3, 0.4) is 0 Å². The molecule has 200 valence electrons. The quantitative estimate of drug-likeness (QED) is 0.128. The number of azo groups is 1. The second kappa shape index (κ2) is 14.3. The van der Waals surface area contributed by atoms with E-state index in [2.05, 4.69) is 44.5 Å². The van der Waals surface area contributed by atoms with Gasteiger partial charge in [-0.25, -0.2) is 4.79 Å². The van der Waals surface area contributed by atoms with Gasteiger partial charge in [0.25, 0.3) is 5.13 Å². The number of aromatic nitrogens is 2. The lowest BCUT2D eigenvalue weighted by molar-refractivity contribution is -0.137. The molecule has 0 bridgehead atoms. The number of anilines is 2. The van der Waals surface area contributed by atoms with Gasteiger partial charge < -0.3 is 15.0 Å². The summed E-state index contributed by atoms with van der Waals surface area (Å²) in [7, 11) is 0. The normalized spacial score (nSPS) is 11.5. The van der Waals surface area contributed by atoms with Gasteiger partial charge in [-0.1, -0.05) is 41.7 Å². The molecule has 0 saturated heterocycles. The van der Waals surface area contributed by atoms with Gasteiger partial charge >= 0.3 is 5.97 Å². The molecule has 3 aromatic rings. The number of amides is 1. The number of hydrogen-bond donors (Lipinski definition) is 1. The van der Waals surface area contributed by atoms with E-state index in [9.17, 15) is 14.9 Å². The fourth-order valence-electron chi connectivity index (χ4n) is 3.50. The highest BCUT2D eigenvalue weighted by Gasteiger charge is 2.11. The summed E-state index contributed by atoms with van der Waals surface area (Å²) in [5.74, 6) is -0.837. The Labute approximate surface area is 231 Å². The van der Waals surface area contributed by atoms with Crippen LogP contribution >= 0.6 is 11.3 Å². The second-order valence-electron chi connectivity index (χ2n) is 8.07. The molecule has 3 rings (SSSR count). The van der Waals surface area contributed by atoms with Crippen molar-refractivity contribution in [3.63, 3.8) is 0 Å². The van der Waals surface area contributed by atoms with Crippen molar-refractivity contribution in [2.24, 2.45) is 10.2 Å². The van der Waals surface area contributed by atoms with Crippen LogP contribution in [0.15, 0.2) is 58.3 Å². The molecule has 0 unspecified atom stereocenters. The van der Waals surface area contributed by atoms with Crippen molar-refractivity contribution in [2.45, 2.75) is 27.7 Å². The molecular formula is C28H29N7O3S. The maximum absolute atomic E-state index is 11.8. The third-order valence-corrected chi connectivity index (χ3v) is 6.15. The SMILES string of the molecule is CCOC(=O)/C(C#N)=C\c1ccc(/C=C/c2nnc(N=Nc3ccc(N(CC)CC)cc3NC(C)=O)s2)cc1. The summed E-state index contributed by atoms with van der Waals surface area (Å²) in [4.78, 5) is 25.7. The van der Waals surface area contributed by atoms with Crippen LogP contribution in [0, 0.1) is 11.3 Å². The molecule has 1 N–H and O–H groups in total. The topological polar surface area (TPSA) is 133 Å². The zero-order valence-corrected chi connectivity index (χ0v) is 23.0. The lowest BCUT2D eigenvalue weighted by atomic mass is 10.1. The van der Waals surface area contributed by atoms with Crippen LogP contribution in [-0.2, 0) is 14.3 Å². The van der Waals surface area contributed by atoms with Crippen LogP contribution in [0.5, 0.6) is 0 Å². The molecule has 0 aliphatic rings.